The van der Waals surface area contributed by atoms with Crippen LogP contribution in [-0.4, -0.2) is 22.2 Å². The Bertz CT molecular complexity index is 281. The van der Waals surface area contributed by atoms with E-state index in [1.807, 2.05) is 26.0 Å². The lowest BCUT2D eigenvalue weighted by Crippen LogP contribution is -2.28. The van der Waals surface area contributed by atoms with Gasteiger partial charge in [-0.3, -0.25) is 0 Å². The second-order valence-electron chi connectivity index (χ2n) is 3.19. The summed E-state index contributed by atoms with van der Waals surface area (Å²) in [7, 11) is 0. The molecule has 0 unspecified atom stereocenters. The fourth-order valence-electron chi connectivity index (χ4n) is 1.08. The number of hydrogen-bond acceptors (Lipinski definition) is 3. The van der Waals surface area contributed by atoms with Gasteiger partial charge >= 0.3 is 0 Å². The van der Waals surface area contributed by atoms with E-state index >= 15 is 0 Å². The van der Waals surface area contributed by atoms with Crippen LogP contribution >= 0.6 is 22.6 Å². The maximum Gasteiger partial charge on any atom is 0.213 e. The molecule has 78 valence electrons. The van der Waals surface area contributed by atoms with Crippen LogP contribution in [-0.2, 0) is 0 Å². The van der Waals surface area contributed by atoms with Gasteiger partial charge in [-0.25, -0.2) is 4.98 Å². The fourth-order valence-corrected chi connectivity index (χ4v) is 1.39. The smallest absolute Gasteiger partial charge is 0.213 e. The Morgan fingerprint density at radius 1 is 1.64 bits per heavy atom. The average molecular weight is 306 g/mol. The van der Waals surface area contributed by atoms with E-state index in [0.717, 1.165) is 11.1 Å². The summed E-state index contributed by atoms with van der Waals surface area (Å²) in [4.78, 5) is 4.14. The minimum Gasteiger partial charge on any atom is -0.473 e. The molecule has 0 fully saturated rings. The number of rotatable bonds is 5. The molecule has 1 atom stereocenters. The summed E-state index contributed by atoms with van der Waals surface area (Å²) in [5, 5.41) is 3.22. The molecule has 14 heavy (non-hydrogen) atoms. The first-order valence-electron chi connectivity index (χ1n) is 4.58. The molecule has 3 nitrogen and oxygen atoms in total. The van der Waals surface area contributed by atoms with Crippen LogP contribution in [0, 0.1) is 6.92 Å². The van der Waals surface area contributed by atoms with Crippen molar-refractivity contribution in [2.45, 2.75) is 20.0 Å². The molecule has 0 saturated heterocycles. The van der Waals surface area contributed by atoms with E-state index in [1.54, 1.807) is 6.20 Å². The third kappa shape index (κ3) is 4.23. The molecule has 0 spiro atoms. The molecule has 1 N–H and O–H groups in total. The maximum absolute atomic E-state index is 5.62. The lowest BCUT2D eigenvalue weighted by atomic mass is 10.3. The zero-order valence-corrected chi connectivity index (χ0v) is 10.6. The highest BCUT2D eigenvalue weighted by atomic mass is 127. The number of alkyl halides is 1. The van der Waals surface area contributed by atoms with Crippen LogP contribution in [0.5, 0.6) is 5.88 Å². The molecule has 1 aromatic rings. The van der Waals surface area contributed by atoms with Crippen LogP contribution in [0.15, 0.2) is 18.3 Å². The number of pyridine rings is 1. The van der Waals surface area contributed by atoms with Gasteiger partial charge in [0, 0.05) is 23.4 Å². The Labute approximate surface area is 98.4 Å². The topological polar surface area (TPSA) is 34.1 Å². The summed E-state index contributed by atoms with van der Waals surface area (Å²) in [5.41, 5.74) is 1.17. The number of nitrogens with one attached hydrogen (secondary N) is 1. The van der Waals surface area contributed by atoms with E-state index in [-0.39, 0.29) is 6.10 Å². The molecule has 1 heterocycles. The molecule has 0 aliphatic rings. The van der Waals surface area contributed by atoms with Gasteiger partial charge in [-0.1, -0.05) is 22.6 Å². The molecule has 0 bridgehead atoms. The Morgan fingerprint density at radius 3 is 3.07 bits per heavy atom. The second kappa shape index (κ2) is 6.19. The van der Waals surface area contributed by atoms with E-state index in [0.29, 0.717) is 5.88 Å². The minimum absolute atomic E-state index is 0.152. The normalized spacial score (nSPS) is 12.5. The number of halogens is 1. The summed E-state index contributed by atoms with van der Waals surface area (Å²) < 4.78 is 6.56. The Morgan fingerprint density at radius 2 is 2.43 bits per heavy atom. The number of aromatic nitrogens is 1. The molecule has 0 aliphatic heterocycles. The van der Waals surface area contributed by atoms with Crippen molar-refractivity contribution in [1.82, 2.24) is 10.3 Å². The molecule has 4 heteroatoms. The maximum atomic E-state index is 5.62. The number of ether oxygens (including phenoxy) is 1. The molecule has 1 aromatic heterocycles. The monoisotopic (exact) mass is 306 g/mol. The Balaban J connectivity index is 2.43. The van der Waals surface area contributed by atoms with Gasteiger partial charge in [-0.2, -0.15) is 0 Å². The second-order valence-corrected chi connectivity index (χ2v) is 3.95. The highest BCUT2D eigenvalue weighted by molar-refractivity contribution is 14.1. The number of nitrogens with zero attached hydrogens (tertiary/aromatic N) is 1. The van der Waals surface area contributed by atoms with Gasteiger partial charge in [0.2, 0.25) is 5.88 Å². The van der Waals surface area contributed by atoms with Crippen molar-refractivity contribution in [1.29, 1.82) is 0 Å². The largest absolute Gasteiger partial charge is 0.473 e. The highest BCUT2D eigenvalue weighted by Gasteiger charge is 2.03. The van der Waals surface area contributed by atoms with Gasteiger partial charge in [-0.15, -0.1) is 0 Å². The average Bonchev–Trinajstić information content (AvgIpc) is 2.15. The van der Waals surface area contributed by atoms with Crippen LogP contribution in [0.4, 0.5) is 0 Å². The molecule has 0 amide bonds. The van der Waals surface area contributed by atoms with Crippen molar-refractivity contribution in [3.8, 4) is 5.88 Å². The van der Waals surface area contributed by atoms with Crippen molar-refractivity contribution >= 4 is 22.6 Å². The lowest BCUT2D eigenvalue weighted by Gasteiger charge is -2.13. The highest BCUT2D eigenvalue weighted by Crippen LogP contribution is 2.09. The molecule has 1 rings (SSSR count). The SMILES string of the molecule is Cc1ccnc(O[C@H](C)CNCI)c1. The molecular weight excluding hydrogens is 291 g/mol. The van der Waals surface area contributed by atoms with Crippen molar-refractivity contribution in [2.24, 2.45) is 0 Å². The molecule has 0 aromatic carbocycles. The first-order chi connectivity index (χ1) is 6.72. The third-order valence-electron chi connectivity index (χ3n) is 1.74. The standard InChI is InChI=1S/C10H15IN2O/c1-8-3-4-13-10(5-8)14-9(2)6-12-7-11/h3-5,9,12H,6-7H2,1-2H3/t9-/m1/s1. The van der Waals surface area contributed by atoms with Crippen LogP contribution in [0.25, 0.3) is 0 Å². The minimum atomic E-state index is 0.152. The third-order valence-corrected chi connectivity index (χ3v) is 2.28. The van der Waals surface area contributed by atoms with E-state index in [4.69, 9.17) is 4.74 Å². The number of hydrogen-bond donors (Lipinski definition) is 1. The van der Waals surface area contributed by atoms with Crippen LogP contribution in [0.1, 0.15) is 12.5 Å². The molecule has 0 radical (unpaired) electrons. The van der Waals surface area contributed by atoms with Crippen LogP contribution in [0.2, 0.25) is 0 Å². The summed E-state index contributed by atoms with van der Waals surface area (Å²) in [6.45, 7) is 4.91. The van der Waals surface area contributed by atoms with Gasteiger partial charge in [0.05, 0.1) is 0 Å². The van der Waals surface area contributed by atoms with Gasteiger partial charge in [0.15, 0.2) is 0 Å². The van der Waals surface area contributed by atoms with E-state index < -0.39 is 0 Å². The van der Waals surface area contributed by atoms with Crippen molar-refractivity contribution in [3.05, 3.63) is 23.9 Å². The van der Waals surface area contributed by atoms with Crippen molar-refractivity contribution < 1.29 is 4.74 Å². The zero-order valence-electron chi connectivity index (χ0n) is 8.46. The predicted molar refractivity (Wildman–Crippen MR) is 66.0 cm³/mol. The van der Waals surface area contributed by atoms with Gasteiger partial charge in [0.1, 0.15) is 6.10 Å². The Kier molecular flexibility index (Phi) is 5.17. The first-order valence-corrected chi connectivity index (χ1v) is 6.11. The lowest BCUT2D eigenvalue weighted by molar-refractivity contribution is 0.211. The van der Waals surface area contributed by atoms with E-state index in [1.165, 1.54) is 5.56 Å². The molecular formula is C10H15IN2O. The van der Waals surface area contributed by atoms with Gasteiger partial charge in [-0.05, 0) is 25.5 Å². The Hall–Kier alpha value is -0.360. The fraction of sp³-hybridized carbons (Fsp3) is 0.500. The van der Waals surface area contributed by atoms with Crippen LogP contribution < -0.4 is 10.1 Å². The summed E-state index contributed by atoms with van der Waals surface area (Å²) in [6, 6.07) is 3.90. The summed E-state index contributed by atoms with van der Waals surface area (Å²) in [5.74, 6) is 0.702. The summed E-state index contributed by atoms with van der Waals surface area (Å²) in [6.07, 6.45) is 1.92. The van der Waals surface area contributed by atoms with E-state index in [9.17, 15) is 0 Å². The van der Waals surface area contributed by atoms with Gasteiger partial charge < -0.3 is 10.1 Å². The quantitative estimate of drug-likeness (QED) is 0.514. The predicted octanol–water partition coefficient (Wildman–Crippen LogP) is 2.14. The zero-order chi connectivity index (χ0) is 10.4. The molecule has 0 aliphatic carbocycles. The number of aryl methyl sites for hydroxylation is 1. The summed E-state index contributed by atoms with van der Waals surface area (Å²) >= 11 is 2.27. The first kappa shape index (κ1) is 11.7. The van der Waals surface area contributed by atoms with Crippen LogP contribution in [0.3, 0.4) is 0 Å². The van der Waals surface area contributed by atoms with Crippen molar-refractivity contribution in [3.63, 3.8) is 0 Å². The van der Waals surface area contributed by atoms with Gasteiger partial charge in [0.25, 0.3) is 0 Å². The molecule has 0 saturated carbocycles. The van der Waals surface area contributed by atoms with Crippen molar-refractivity contribution in [2.75, 3.05) is 11.1 Å². The van der Waals surface area contributed by atoms with E-state index in [2.05, 4.69) is 32.9 Å².